The van der Waals surface area contributed by atoms with Crippen molar-refractivity contribution in [3.63, 3.8) is 0 Å². The quantitative estimate of drug-likeness (QED) is 0.523. The Balaban J connectivity index is 1.57. The number of halogens is 1. The van der Waals surface area contributed by atoms with E-state index in [0.717, 1.165) is 74.2 Å². The van der Waals surface area contributed by atoms with Crippen LogP contribution in [0.25, 0.3) is 21.8 Å². The summed E-state index contributed by atoms with van der Waals surface area (Å²) < 4.78 is 21.5. The summed E-state index contributed by atoms with van der Waals surface area (Å²) in [6.45, 7) is 7.73. The predicted octanol–water partition coefficient (Wildman–Crippen LogP) is 3.75. The number of hydrogen-bond donors (Lipinski definition) is 0. The van der Waals surface area contributed by atoms with Gasteiger partial charge in [0, 0.05) is 42.0 Å². The lowest BCUT2D eigenvalue weighted by Crippen LogP contribution is -2.36. The molecule has 1 saturated heterocycles. The number of hydrogen-bond acceptors (Lipinski definition) is 3. The Morgan fingerprint density at radius 2 is 1.84 bits per heavy atom. The second-order valence-electron chi connectivity index (χ2n) is 6.76. The van der Waals surface area contributed by atoms with Crippen LogP contribution in [-0.4, -0.2) is 47.3 Å². The number of para-hydroxylation sites is 1. The van der Waals surface area contributed by atoms with E-state index in [1.54, 1.807) is 6.07 Å². The van der Waals surface area contributed by atoms with Crippen molar-refractivity contribution >= 4 is 21.8 Å². The lowest BCUT2D eigenvalue weighted by Gasteiger charge is -2.26. The maximum Gasteiger partial charge on any atom is 0.213 e. The average Bonchev–Trinajstić information content (AvgIpc) is 2.94. The van der Waals surface area contributed by atoms with Crippen LogP contribution in [0.5, 0.6) is 0 Å². The number of pyridine rings is 1. The van der Waals surface area contributed by atoms with E-state index in [-0.39, 0.29) is 0 Å². The topological polar surface area (TPSA) is 30.3 Å². The van der Waals surface area contributed by atoms with Gasteiger partial charge in [0.15, 0.2) is 0 Å². The second kappa shape index (κ2) is 7.10. The number of nitrogens with zero attached hydrogens (tertiary/aromatic N) is 3. The fourth-order valence-electron chi connectivity index (χ4n) is 3.89. The maximum atomic E-state index is 13.8. The lowest BCUT2D eigenvalue weighted by molar-refractivity contribution is 0.0371. The Bertz CT molecular complexity index is 883. The van der Waals surface area contributed by atoms with Gasteiger partial charge in [-0.1, -0.05) is 18.2 Å². The molecule has 0 saturated carbocycles. The van der Waals surface area contributed by atoms with Crippen LogP contribution in [0.1, 0.15) is 18.5 Å². The van der Waals surface area contributed by atoms with Crippen molar-refractivity contribution in [3.8, 4) is 0 Å². The number of fused-ring (bicyclic) bond motifs is 3. The molecule has 1 fully saturated rings. The van der Waals surface area contributed by atoms with Crippen LogP contribution in [0.4, 0.5) is 4.39 Å². The summed E-state index contributed by atoms with van der Waals surface area (Å²) in [6, 6.07) is 9.81. The summed E-state index contributed by atoms with van der Waals surface area (Å²) in [5.41, 5.74) is 2.99. The van der Waals surface area contributed by atoms with E-state index in [4.69, 9.17) is 4.74 Å². The first-order valence-electron chi connectivity index (χ1n) is 9.08. The zero-order chi connectivity index (χ0) is 17.2. The molecular weight excluding hydrogens is 317 g/mol. The molecule has 1 aliphatic rings. The molecule has 2 aromatic heterocycles. The Labute approximate surface area is 147 Å². The SMILES string of the molecule is Cc1nc(F)cc2c3ccccc3n(CCCCN3CCOCC3)c12. The number of ether oxygens (including phenoxy) is 1. The van der Waals surface area contributed by atoms with Gasteiger partial charge in [-0.05, 0) is 32.4 Å². The van der Waals surface area contributed by atoms with Crippen LogP contribution in [0, 0.1) is 12.9 Å². The molecule has 25 heavy (non-hydrogen) atoms. The van der Waals surface area contributed by atoms with Crippen LogP contribution in [0.3, 0.4) is 0 Å². The summed E-state index contributed by atoms with van der Waals surface area (Å²) >= 11 is 0. The van der Waals surface area contributed by atoms with Crippen LogP contribution in [0.15, 0.2) is 30.3 Å². The van der Waals surface area contributed by atoms with Gasteiger partial charge in [0.25, 0.3) is 0 Å². The standard InChI is InChI=1S/C20H24FN3O/c1-15-20-17(14-19(21)22-15)16-6-2-3-7-18(16)24(20)9-5-4-8-23-10-12-25-13-11-23/h2-3,6-7,14H,4-5,8-13H2,1H3. The Morgan fingerprint density at radius 3 is 2.68 bits per heavy atom. The molecule has 0 unspecified atom stereocenters. The van der Waals surface area contributed by atoms with Gasteiger partial charge in [-0.15, -0.1) is 0 Å². The van der Waals surface area contributed by atoms with E-state index in [1.807, 2.05) is 19.1 Å². The fourth-order valence-corrected chi connectivity index (χ4v) is 3.89. The number of benzene rings is 1. The first-order chi connectivity index (χ1) is 12.2. The maximum absolute atomic E-state index is 13.8. The molecule has 3 heterocycles. The van der Waals surface area contributed by atoms with Crippen LogP contribution >= 0.6 is 0 Å². The summed E-state index contributed by atoms with van der Waals surface area (Å²) in [6.07, 6.45) is 2.25. The first kappa shape index (κ1) is 16.5. The molecule has 1 aliphatic heterocycles. The highest BCUT2D eigenvalue weighted by atomic mass is 19.1. The molecule has 0 spiro atoms. The van der Waals surface area contributed by atoms with Gasteiger partial charge in [-0.2, -0.15) is 4.39 Å². The van der Waals surface area contributed by atoms with Gasteiger partial charge < -0.3 is 9.30 Å². The number of aryl methyl sites for hydroxylation is 2. The monoisotopic (exact) mass is 341 g/mol. The average molecular weight is 341 g/mol. The molecule has 0 N–H and O–H groups in total. The molecule has 0 atom stereocenters. The summed E-state index contributed by atoms with van der Waals surface area (Å²) in [4.78, 5) is 6.52. The van der Waals surface area contributed by atoms with Crippen LogP contribution in [0.2, 0.25) is 0 Å². The number of unbranched alkanes of at least 4 members (excludes halogenated alkanes) is 1. The molecule has 0 radical (unpaired) electrons. The molecule has 3 aromatic rings. The van der Waals surface area contributed by atoms with Gasteiger partial charge in [0.1, 0.15) is 0 Å². The van der Waals surface area contributed by atoms with E-state index in [0.29, 0.717) is 0 Å². The van der Waals surface area contributed by atoms with Crippen molar-refractivity contribution in [3.05, 3.63) is 42.0 Å². The van der Waals surface area contributed by atoms with Crippen molar-refractivity contribution in [2.45, 2.75) is 26.3 Å². The van der Waals surface area contributed by atoms with E-state index in [1.165, 1.54) is 5.52 Å². The van der Waals surface area contributed by atoms with Gasteiger partial charge in [0.2, 0.25) is 5.95 Å². The molecule has 0 aliphatic carbocycles. The third-order valence-corrected chi connectivity index (χ3v) is 5.10. The van der Waals surface area contributed by atoms with Crippen molar-refractivity contribution in [1.29, 1.82) is 0 Å². The summed E-state index contributed by atoms with van der Waals surface area (Å²) in [7, 11) is 0. The predicted molar refractivity (Wildman–Crippen MR) is 98.4 cm³/mol. The minimum atomic E-state index is -0.403. The van der Waals surface area contributed by atoms with E-state index < -0.39 is 5.95 Å². The molecule has 1 aromatic carbocycles. The van der Waals surface area contributed by atoms with Crippen molar-refractivity contribution in [2.24, 2.45) is 0 Å². The van der Waals surface area contributed by atoms with Crippen LogP contribution < -0.4 is 0 Å². The van der Waals surface area contributed by atoms with E-state index in [9.17, 15) is 4.39 Å². The Morgan fingerprint density at radius 1 is 1.08 bits per heavy atom. The third kappa shape index (κ3) is 3.26. The highest BCUT2D eigenvalue weighted by Gasteiger charge is 2.15. The normalized spacial score (nSPS) is 16.1. The molecule has 132 valence electrons. The number of morpholine rings is 1. The zero-order valence-electron chi connectivity index (χ0n) is 14.7. The van der Waals surface area contributed by atoms with E-state index in [2.05, 4.69) is 26.6 Å². The molecule has 5 heteroatoms. The molecule has 4 rings (SSSR count). The van der Waals surface area contributed by atoms with E-state index >= 15 is 0 Å². The molecule has 0 bridgehead atoms. The summed E-state index contributed by atoms with van der Waals surface area (Å²) in [5.74, 6) is -0.403. The van der Waals surface area contributed by atoms with Crippen molar-refractivity contribution < 1.29 is 9.13 Å². The third-order valence-electron chi connectivity index (χ3n) is 5.10. The lowest BCUT2D eigenvalue weighted by atomic mass is 10.2. The number of aromatic nitrogens is 2. The van der Waals surface area contributed by atoms with Gasteiger partial charge >= 0.3 is 0 Å². The zero-order valence-corrected chi connectivity index (χ0v) is 14.7. The molecule has 0 amide bonds. The highest BCUT2D eigenvalue weighted by Crippen LogP contribution is 2.31. The summed E-state index contributed by atoms with van der Waals surface area (Å²) in [5, 5.41) is 2.07. The van der Waals surface area contributed by atoms with Crippen molar-refractivity contribution in [2.75, 3.05) is 32.8 Å². The minimum absolute atomic E-state index is 0.403. The van der Waals surface area contributed by atoms with Gasteiger partial charge in [0.05, 0.1) is 24.4 Å². The smallest absolute Gasteiger partial charge is 0.213 e. The largest absolute Gasteiger partial charge is 0.379 e. The van der Waals surface area contributed by atoms with Crippen molar-refractivity contribution in [1.82, 2.24) is 14.5 Å². The minimum Gasteiger partial charge on any atom is -0.379 e. The first-order valence-corrected chi connectivity index (χ1v) is 9.08. The Kier molecular flexibility index (Phi) is 4.68. The highest BCUT2D eigenvalue weighted by molar-refractivity contribution is 6.08. The molecule has 4 nitrogen and oxygen atoms in total. The fraction of sp³-hybridized carbons (Fsp3) is 0.450. The molecular formula is C20H24FN3O. The van der Waals surface area contributed by atoms with Gasteiger partial charge in [-0.25, -0.2) is 4.98 Å². The second-order valence-corrected chi connectivity index (χ2v) is 6.76. The number of rotatable bonds is 5. The van der Waals surface area contributed by atoms with Gasteiger partial charge in [-0.3, -0.25) is 4.90 Å². The van der Waals surface area contributed by atoms with Crippen LogP contribution in [-0.2, 0) is 11.3 Å². The Hall–Kier alpha value is -1.98.